The van der Waals surface area contributed by atoms with Crippen LogP contribution in [0.1, 0.15) is 21.6 Å². The summed E-state index contributed by atoms with van der Waals surface area (Å²) in [4.78, 5) is 20.7. The number of hydrogen-bond acceptors (Lipinski definition) is 4. The number of rotatable bonds is 2. The fourth-order valence-corrected chi connectivity index (χ4v) is 2.82. The van der Waals surface area contributed by atoms with Gasteiger partial charge in [0.15, 0.2) is 0 Å². The van der Waals surface area contributed by atoms with Gasteiger partial charge in [-0.2, -0.15) is 0 Å². The second-order valence-electron chi connectivity index (χ2n) is 4.17. The van der Waals surface area contributed by atoms with E-state index < -0.39 is 0 Å². The Morgan fingerprint density at radius 1 is 1.16 bits per heavy atom. The molecule has 0 aliphatic rings. The van der Waals surface area contributed by atoms with Gasteiger partial charge in [-0.3, -0.25) is 4.79 Å². The first-order chi connectivity index (χ1) is 9.15. The third-order valence-corrected chi connectivity index (χ3v) is 3.88. The van der Waals surface area contributed by atoms with E-state index in [1.807, 2.05) is 30.5 Å². The van der Waals surface area contributed by atoms with Gasteiger partial charge in [0, 0.05) is 5.56 Å². The number of aryl methyl sites for hydroxylation is 1. The summed E-state index contributed by atoms with van der Waals surface area (Å²) < 4.78 is 0.773. The lowest BCUT2D eigenvalue weighted by Crippen LogP contribution is -2.05. The number of fused-ring (bicyclic) bond motifs is 1. The van der Waals surface area contributed by atoms with Crippen LogP contribution in [0, 0.1) is 6.92 Å². The molecule has 0 aliphatic carbocycles. The topological polar surface area (TPSA) is 42.9 Å². The average molecular weight is 289 g/mol. The zero-order chi connectivity index (χ0) is 13.4. The van der Waals surface area contributed by atoms with Gasteiger partial charge >= 0.3 is 0 Å². The van der Waals surface area contributed by atoms with E-state index >= 15 is 0 Å². The predicted octanol–water partition coefficient (Wildman–Crippen LogP) is 3.88. The first-order valence-electron chi connectivity index (χ1n) is 5.67. The Bertz CT molecular complexity index is 765. The molecule has 0 saturated heterocycles. The fourth-order valence-electron chi connectivity index (χ4n) is 1.83. The Kier molecular flexibility index (Phi) is 3.05. The highest BCUT2D eigenvalue weighted by molar-refractivity contribution is 7.17. The van der Waals surface area contributed by atoms with Crippen LogP contribution in [0.4, 0.5) is 0 Å². The molecule has 0 aliphatic heterocycles. The average Bonchev–Trinajstić information content (AvgIpc) is 2.85. The molecule has 3 rings (SSSR count). The van der Waals surface area contributed by atoms with Crippen molar-refractivity contribution in [1.29, 1.82) is 0 Å². The van der Waals surface area contributed by atoms with Gasteiger partial charge in [-0.05, 0) is 30.0 Å². The highest BCUT2D eigenvalue weighted by Gasteiger charge is 2.17. The molecule has 19 heavy (non-hydrogen) atoms. The van der Waals surface area contributed by atoms with Crippen LogP contribution in [0.25, 0.3) is 10.2 Å². The minimum atomic E-state index is -0.128. The van der Waals surface area contributed by atoms with Crippen molar-refractivity contribution in [2.24, 2.45) is 0 Å². The largest absolute Gasteiger partial charge is 0.287 e. The van der Waals surface area contributed by atoms with Crippen molar-refractivity contribution in [3.63, 3.8) is 0 Å². The Morgan fingerprint density at radius 3 is 2.63 bits per heavy atom. The molecule has 0 unspecified atom stereocenters. The van der Waals surface area contributed by atoms with Gasteiger partial charge in [0.25, 0.3) is 0 Å². The van der Waals surface area contributed by atoms with Crippen LogP contribution in [-0.2, 0) is 0 Å². The quantitative estimate of drug-likeness (QED) is 0.531. The number of nitrogens with zero attached hydrogens (tertiary/aromatic N) is 2. The Hall–Kier alpha value is -1.78. The van der Waals surface area contributed by atoms with E-state index in [9.17, 15) is 4.79 Å². The molecular formula is C14H9ClN2OS. The van der Waals surface area contributed by atoms with Gasteiger partial charge in [-0.1, -0.05) is 29.8 Å². The maximum absolute atomic E-state index is 12.5. The van der Waals surface area contributed by atoms with E-state index in [4.69, 9.17) is 11.6 Å². The number of carbonyl (C=O) groups is 1. The van der Waals surface area contributed by atoms with Crippen molar-refractivity contribution >= 4 is 38.9 Å². The molecule has 5 heteroatoms. The molecule has 3 aromatic rings. The first-order valence-corrected chi connectivity index (χ1v) is 6.93. The molecular weight excluding hydrogens is 280 g/mol. The van der Waals surface area contributed by atoms with Gasteiger partial charge in [-0.15, -0.1) is 11.3 Å². The molecule has 3 nitrogen and oxygen atoms in total. The van der Waals surface area contributed by atoms with Crippen molar-refractivity contribution in [1.82, 2.24) is 9.97 Å². The molecule has 1 aromatic carbocycles. The maximum Gasteiger partial charge on any atom is 0.223 e. The van der Waals surface area contributed by atoms with Crippen molar-refractivity contribution in [2.45, 2.75) is 6.92 Å². The number of halogens is 1. The van der Waals surface area contributed by atoms with Crippen LogP contribution in [0.3, 0.4) is 0 Å². The second-order valence-corrected chi connectivity index (χ2v) is 5.43. The zero-order valence-electron chi connectivity index (χ0n) is 10.1. The van der Waals surface area contributed by atoms with E-state index in [-0.39, 0.29) is 11.1 Å². The Morgan fingerprint density at radius 2 is 1.89 bits per heavy atom. The lowest BCUT2D eigenvalue weighted by atomic mass is 10.1. The number of carbonyl (C=O) groups excluding carboxylic acids is 1. The monoisotopic (exact) mass is 288 g/mol. The molecule has 0 N–H and O–H groups in total. The number of hydrogen-bond donors (Lipinski definition) is 0. The number of ketones is 1. The third-order valence-electron chi connectivity index (χ3n) is 2.81. The maximum atomic E-state index is 12.5. The molecule has 94 valence electrons. The standard InChI is InChI=1S/C14H9ClN2OS/c1-8-2-4-9(5-3-8)12(18)11-13-10(6-7-19-13)16-14(15)17-11/h2-7H,1H3. The van der Waals surface area contributed by atoms with Gasteiger partial charge in [-0.25, -0.2) is 9.97 Å². The second kappa shape index (κ2) is 4.72. The van der Waals surface area contributed by atoms with Gasteiger partial charge in [0.05, 0.1) is 10.2 Å². The Balaban J connectivity index is 2.15. The van der Waals surface area contributed by atoms with Gasteiger partial charge in [0.2, 0.25) is 11.1 Å². The molecule has 2 heterocycles. The molecule has 0 bridgehead atoms. The van der Waals surface area contributed by atoms with Crippen LogP contribution in [0.2, 0.25) is 5.28 Å². The third kappa shape index (κ3) is 2.25. The molecule has 2 aromatic heterocycles. The van der Waals surface area contributed by atoms with Gasteiger partial charge in [0.1, 0.15) is 5.69 Å². The van der Waals surface area contributed by atoms with Crippen LogP contribution < -0.4 is 0 Å². The van der Waals surface area contributed by atoms with Crippen LogP contribution in [-0.4, -0.2) is 15.8 Å². The molecule has 0 amide bonds. The summed E-state index contributed by atoms with van der Waals surface area (Å²) in [5, 5.41) is 1.98. The van der Waals surface area contributed by atoms with Crippen molar-refractivity contribution in [2.75, 3.05) is 0 Å². The predicted molar refractivity (Wildman–Crippen MR) is 77.0 cm³/mol. The summed E-state index contributed by atoms with van der Waals surface area (Å²) in [7, 11) is 0. The smallest absolute Gasteiger partial charge is 0.223 e. The van der Waals surface area contributed by atoms with Crippen LogP contribution >= 0.6 is 22.9 Å². The van der Waals surface area contributed by atoms with Crippen molar-refractivity contribution < 1.29 is 4.79 Å². The first kappa shape index (κ1) is 12.3. The molecule has 0 saturated carbocycles. The van der Waals surface area contributed by atoms with E-state index in [1.165, 1.54) is 11.3 Å². The molecule has 0 fully saturated rings. The highest BCUT2D eigenvalue weighted by Crippen LogP contribution is 2.25. The summed E-state index contributed by atoms with van der Waals surface area (Å²) in [5.41, 5.74) is 2.79. The normalized spacial score (nSPS) is 10.8. The van der Waals surface area contributed by atoms with Gasteiger partial charge < -0.3 is 0 Å². The highest BCUT2D eigenvalue weighted by atomic mass is 35.5. The van der Waals surface area contributed by atoms with E-state index in [0.29, 0.717) is 16.8 Å². The SMILES string of the molecule is Cc1ccc(C(=O)c2nc(Cl)nc3ccsc23)cc1. The fraction of sp³-hybridized carbons (Fsp3) is 0.0714. The summed E-state index contributed by atoms with van der Waals surface area (Å²) in [5.74, 6) is -0.128. The summed E-state index contributed by atoms with van der Waals surface area (Å²) in [6.07, 6.45) is 0. The van der Waals surface area contributed by atoms with E-state index in [2.05, 4.69) is 9.97 Å². The van der Waals surface area contributed by atoms with Crippen molar-refractivity contribution in [3.8, 4) is 0 Å². The van der Waals surface area contributed by atoms with E-state index in [1.54, 1.807) is 12.1 Å². The lowest BCUT2D eigenvalue weighted by Gasteiger charge is -2.03. The number of thiophene rings is 1. The summed E-state index contributed by atoms with van der Waals surface area (Å²) in [6.45, 7) is 1.98. The van der Waals surface area contributed by atoms with Crippen LogP contribution in [0.5, 0.6) is 0 Å². The molecule has 0 atom stereocenters. The Labute approximate surface area is 118 Å². The summed E-state index contributed by atoms with van der Waals surface area (Å²) >= 11 is 7.31. The lowest BCUT2D eigenvalue weighted by molar-refractivity contribution is 0.103. The summed E-state index contributed by atoms with van der Waals surface area (Å²) in [6, 6.07) is 9.24. The number of benzene rings is 1. The minimum absolute atomic E-state index is 0.0985. The van der Waals surface area contributed by atoms with Crippen molar-refractivity contribution in [3.05, 3.63) is 57.8 Å². The van der Waals surface area contributed by atoms with E-state index in [0.717, 1.165) is 10.3 Å². The van der Waals surface area contributed by atoms with Crippen LogP contribution in [0.15, 0.2) is 35.7 Å². The molecule has 0 spiro atoms. The molecule has 0 radical (unpaired) electrons. The minimum Gasteiger partial charge on any atom is -0.287 e. The zero-order valence-corrected chi connectivity index (χ0v) is 11.6. The number of aromatic nitrogens is 2.